The van der Waals surface area contributed by atoms with Crippen LogP contribution in [0.3, 0.4) is 0 Å². The van der Waals surface area contributed by atoms with Crippen LogP contribution in [0.5, 0.6) is 0 Å². The summed E-state index contributed by atoms with van der Waals surface area (Å²) in [5.74, 6) is 0.958. The van der Waals surface area contributed by atoms with Gasteiger partial charge in [0.25, 0.3) is 0 Å². The summed E-state index contributed by atoms with van der Waals surface area (Å²) < 4.78 is 0. The summed E-state index contributed by atoms with van der Waals surface area (Å²) in [5.41, 5.74) is -0.272. The molecule has 1 saturated heterocycles. The lowest BCUT2D eigenvalue weighted by Crippen LogP contribution is -2.27. The molecule has 1 heterocycles. The second-order valence-corrected chi connectivity index (χ2v) is 6.49. The number of rotatable bonds is 5. The molecule has 0 radical (unpaired) electrons. The number of nitrogens with one attached hydrogen (secondary N) is 1. The third-order valence-corrected chi connectivity index (χ3v) is 4.32. The fourth-order valence-corrected chi connectivity index (χ4v) is 2.72. The second kappa shape index (κ2) is 5.43. The molecule has 3 heteroatoms. The lowest BCUT2D eigenvalue weighted by molar-refractivity contribution is -0.126. The van der Waals surface area contributed by atoms with E-state index < -0.39 is 0 Å². The molecule has 2 fully saturated rings. The molecular formula is C15H25NO2. The van der Waals surface area contributed by atoms with Gasteiger partial charge < -0.3 is 10.4 Å². The van der Waals surface area contributed by atoms with Gasteiger partial charge in [0, 0.05) is 11.5 Å². The second-order valence-electron chi connectivity index (χ2n) is 6.49. The van der Waals surface area contributed by atoms with Crippen molar-refractivity contribution in [1.82, 2.24) is 5.32 Å². The lowest BCUT2D eigenvalue weighted by atomic mass is 9.81. The van der Waals surface area contributed by atoms with Crippen LogP contribution in [-0.2, 0) is 4.79 Å². The van der Waals surface area contributed by atoms with Crippen molar-refractivity contribution in [3.63, 3.8) is 0 Å². The largest absolute Gasteiger partial charge is 0.389 e. The molecule has 0 bridgehead atoms. The first kappa shape index (κ1) is 13.6. The Morgan fingerprint density at radius 1 is 1.50 bits per heavy atom. The molecule has 2 atom stereocenters. The van der Waals surface area contributed by atoms with Gasteiger partial charge in [0.05, 0.1) is 6.10 Å². The molecule has 1 amide bonds. The summed E-state index contributed by atoms with van der Waals surface area (Å²) in [6.45, 7) is 3.92. The molecule has 1 aliphatic carbocycles. The van der Waals surface area contributed by atoms with E-state index >= 15 is 0 Å². The molecule has 0 aromatic carbocycles. The monoisotopic (exact) mass is 251 g/mol. The molecule has 2 rings (SSSR count). The van der Waals surface area contributed by atoms with E-state index in [0.717, 1.165) is 25.2 Å². The molecule has 102 valence electrons. The van der Waals surface area contributed by atoms with E-state index in [2.05, 4.69) is 5.32 Å². The maximum atomic E-state index is 11.6. The minimum Gasteiger partial charge on any atom is -0.389 e. The van der Waals surface area contributed by atoms with E-state index in [4.69, 9.17) is 0 Å². The summed E-state index contributed by atoms with van der Waals surface area (Å²) in [7, 11) is 0. The molecule has 1 saturated carbocycles. The molecule has 0 spiro atoms. The minimum atomic E-state index is -0.355. The average Bonchev–Trinajstić information content (AvgIpc) is 2.48. The Morgan fingerprint density at radius 3 is 2.72 bits per heavy atom. The first-order valence-corrected chi connectivity index (χ1v) is 7.15. The van der Waals surface area contributed by atoms with Crippen LogP contribution in [0, 0.1) is 11.3 Å². The van der Waals surface area contributed by atoms with E-state index in [1.807, 2.05) is 26.0 Å². The Labute approximate surface area is 110 Å². The highest BCUT2D eigenvalue weighted by atomic mass is 16.3. The van der Waals surface area contributed by atoms with Crippen molar-refractivity contribution >= 4 is 5.91 Å². The van der Waals surface area contributed by atoms with Crippen molar-refractivity contribution < 1.29 is 9.90 Å². The number of carbonyl (C=O) groups excluding carboxylic acids is 1. The first-order valence-electron chi connectivity index (χ1n) is 7.15. The quantitative estimate of drug-likeness (QED) is 0.737. The van der Waals surface area contributed by atoms with Crippen LogP contribution in [0.2, 0.25) is 0 Å². The molecule has 0 unspecified atom stereocenters. The van der Waals surface area contributed by atoms with Crippen LogP contribution in [-0.4, -0.2) is 23.2 Å². The van der Waals surface area contributed by atoms with Crippen LogP contribution < -0.4 is 5.32 Å². The highest BCUT2D eigenvalue weighted by Crippen LogP contribution is 2.31. The fraction of sp³-hybridized carbons (Fsp3) is 0.800. The zero-order valence-electron chi connectivity index (χ0n) is 11.5. The van der Waals surface area contributed by atoms with Gasteiger partial charge in [-0.05, 0) is 25.2 Å². The molecule has 3 nitrogen and oxygen atoms in total. The van der Waals surface area contributed by atoms with Crippen molar-refractivity contribution in [2.45, 2.75) is 64.5 Å². The number of hydrogen-bond donors (Lipinski definition) is 2. The number of amides is 1. The number of aliphatic hydroxyl groups is 1. The number of hydrogen-bond acceptors (Lipinski definition) is 2. The van der Waals surface area contributed by atoms with Gasteiger partial charge >= 0.3 is 0 Å². The zero-order valence-corrected chi connectivity index (χ0v) is 11.5. The molecule has 18 heavy (non-hydrogen) atoms. The number of carbonyl (C=O) groups is 1. The van der Waals surface area contributed by atoms with Crippen LogP contribution in [0.25, 0.3) is 0 Å². The molecule has 0 aromatic rings. The molecule has 1 aliphatic heterocycles. The highest BCUT2D eigenvalue weighted by Gasteiger charge is 2.37. The molecule has 2 aliphatic rings. The average molecular weight is 251 g/mol. The summed E-state index contributed by atoms with van der Waals surface area (Å²) in [6.07, 6.45) is 10.3. The van der Waals surface area contributed by atoms with Gasteiger partial charge in [0.2, 0.25) is 5.91 Å². The Hall–Kier alpha value is -0.830. The van der Waals surface area contributed by atoms with Crippen molar-refractivity contribution in [3.8, 4) is 0 Å². The van der Waals surface area contributed by atoms with E-state index in [9.17, 15) is 9.90 Å². The standard InChI is InChI=1S/C15H25NO2/c1-15(2)10-12(16-14(15)18)7-9-13(17)8-6-11-4-3-5-11/h7,9,11-13,17H,3-6,8,10H2,1-2H3,(H,16,18)/b9-7+/t12-,13-/m0/s1. The maximum Gasteiger partial charge on any atom is 0.226 e. The SMILES string of the molecule is CC1(C)C[C@H](/C=C/[C@@H](O)CCC2CCC2)NC1=O. The highest BCUT2D eigenvalue weighted by molar-refractivity contribution is 5.84. The van der Waals surface area contributed by atoms with Gasteiger partial charge in [-0.1, -0.05) is 45.3 Å². The minimum absolute atomic E-state index is 0.0888. The van der Waals surface area contributed by atoms with E-state index in [1.54, 1.807) is 0 Å². The first-order chi connectivity index (χ1) is 8.47. The lowest BCUT2D eigenvalue weighted by Gasteiger charge is -2.25. The van der Waals surface area contributed by atoms with E-state index in [-0.39, 0.29) is 23.5 Å². The zero-order chi connectivity index (χ0) is 13.2. The van der Waals surface area contributed by atoms with Gasteiger partial charge in [-0.15, -0.1) is 0 Å². The topological polar surface area (TPSA) is 49.3 Å². The van der Waals surface area contributed by atoms with Crippen LogP contribution in [0.15, 0.2) is 12.2 Å². The van der Waals surface area contributed by atoms with Gasteiger partial charge in [-0.2, -0.15) is 0 Å². The van der Waals surface area contributed by atoms with Crippen LogP contribution >= 0.6 is 0 Å². The van der Waals surface area contributed by atoms with E-state index in [0.29, 0.717) is 0 Å². The fourth-order valence-electron chi connectivity index (χ4n) is 2.72. The Bertz CT molecular complexity index is 331. The smallest absolute Gasteiger partial charge is 0.226 e. The predicted molar refractivity (Wildman–Crippen MR) is 72.1 cm³/mol. The van der Waals surface area contributed by atoms with Gasteiger partial charge in [-0.3, -0.25) is 4.79 Å². The molecule has 0 aromatic heterocycles. The summed E-state index contributed by atoms with van der Waals surface area (Å²) >= 11 is 0. The van der Waals surface area contributed by atoms with Crippen molar-refractivity contribution in [2.75, 3.05) is 0 Å². The van der Waals surface area contributed by atoms with Crippen molar-refractivity contribution in [2.24, 2.45) is 11.3 Å². The summed E-state index contributed by atoms with van der Waals surface area (Å²) in [5, 5.41) is 12.8. The summed E-state index contributed by atoms with van der Waals surface area (Å²) in [4.78, 5) is 11.6. The third kappa shape index (κ3) is 3.35. The third-order valence-electron chi connectivity index (χ3n) is 4.32. The van der Waals surface area contributed by atoms with Crippen LogP contribution in [0.1, 0.15) is 52.4 Å². The maximum absolute atomic E-state index is 11.6. The molecule has 2 N–H and O–H groups in total. The predicted octanol–water partition coefficient (Wildman–Crippen LogP) is 2.40. The van der Waals surface area contributed by atoms with Gasteiger partial charge in [0.15, 0.2) is 0 Å². The van der Waals surface area contributed by atoms with Gasteiger partial charge in [-0.25, -0.2) is 0 Å². The van der Waals surface area contributed by atoms with Crippen LogP contribution in [0.4, 0.5) is 0 Å². The normalized spacial score (nSPS) is 29.3. The Morgan fingerprint density at radius 2 is 2.22 bits per heavy atom. The number of aliphatic hydroxyl groups excluding tert-OH is 1. The summed E-state index contributed by atoms with van der Waals surface area (Å²) in [6, 6.07) is 0.0888. The van der Waals surface area contributed by atoms with Gasteiger partial charge in [0.1, 0.15) is 0 Å². The Kier molecular flexibility index (Phi) is 4.10. The Balaban J connectivity index is 1.71. The van der Waals surface area contributed by atoms with Crippen molar-refractivity contribution in [3.05, 3.63) is 12.2 Å². The van der Waals surface area contributed by atoms with Crippen molar-refractivity contribution in [1.29, 1.82) is 0 Å². The molecular weight excluding hydrogens is 226 g/mol. The van der Waals surface area contributed by atoms with E-state index in [1.165, 1.54) is 19.3 Å².